The Hall–Kier alpha value is -4.91. The van der Waals surface area contributed by atoms with E-state index in [4.69, 9.17) is 11.5 Å². The Balaban J connectivity index is 1.88. The first-order valence-corrected chi connectivity index (χ1v) is 12.9. The van der Waals surface area contributed by atoms with Gasteiger partial charge in [-0.1, -0.05) is 30.3 Å². The van der Waals surface area contributed by atoms with E-state index in [-0.39, 0.29) is 31.4 Å². The molecule has 2 aromatic carbocycles. The summed E-state index contributed by atoms with van der Waals surface area (Å²) in [6, 6.07) is 8.56. The van der Waals surface area contributed by atoms with E-state index in [9.17, 15) is 34.2 Å². The first-order valence-electron chi connectivity index (χ1n) is 12.9. The molecule has 0 aliphatic carbocycles. The topological polar surface area (TPSA) is 230 Å². The van der Waals surface area contributed by atoms with Crippen molar-refractivity contribution >= 4 is 40.5 Å². The summed E-state index contributed by atoms with van der Waals surface area (Å²) in [4.78, 5) is 65.4. The lowest BCUT2D eigenvalue weighted by Crippen LogP contribution is -2.58. The number of amides is 4. The van der Waals surface area contributed by atoms with Crippen LogP contribution in [0.25, 0.3) is 10.9 Å². The minimum atomic E-state index is -1.44. The lowest BCUT2D eigenvalue weighted by atomic mass is 10.0. The molecule has 3 rings (SSSR count). The summed E-state index contributed by atoms with van der Waals surface area (Å²) in [5.74, 6) is -4.23. The van der Waals surface area contributed by atoms with Crippen LogP contribution in [0.1, 0.15) is 30.9 Å². The Morgan fingerprint density at radius 1 is 0.854 bits per heavy atom. The van der Waals surface area contributed by atoms with Gasteiger partial charge in [-0.3, -0.25) is 19.2 Å². The number of primary amides is 1. The first kappa shape index (κ1) is 30.6. The van der Waals surface area contributed by atoms with Crippen molar-refractivity contribution in [2.45, 2.75) is 56.8 Å². The molecule has 3 aromatic rings. The van der Waals surface area contributed by atoms with Crippen molar-refractivity contribution in [3.8, 4) is 5.75 Å². The molecule has 10 N–H and O–H groups in total. The van der Waals surface area contributed by atoms with Crippen LogP contribution in [0.4, 0.5) is 0 Å². The van der Waals surface area contributed by atoms with E-state index in [1.807, 2.05) is 24.3 Å². The molecule has 0 saturated carbocycles. The molecule has 0 saturated heterocycles. The monoisotopic (exact) mass is 566 g/mol. The van der Waals surface area contributed by atoms with E-state index in [0.29, 0.717) is 5.56 Å². The van der Waals surface area contributed by atoms with E-state index in [2.05, 4.69) is 20.9 Å². The minimum Gasteiger partial charge on any atom is -0.508 e. The highest BCUT2D eigenvalue weighted by Gasteiger charge is 2.31. The Morgan fingerprint density at radius 3 is 2.05 bits per heavy atom. The highest BCUT2D eigenvalue weighted by atomic mass is 16.4. The van der Waals surface area contributed by atoms with E-state index >= 15 is 0 Å². The molecular formula is C28H34N6O7. The van der Waals surface area contributed by atoms with Gasteiger partial charge >= 0.3 is 5.97 Å². The number of hydrogen-bond donors (Lipinski definition) is 8. The van der Waals surface area contributed by atoms with Crippen LogP contribution in [0.15, 0.2) is 54.7 Å². The van der Waals surface area contributed by atoms with Crippen molar-refractivity contribution in [2.24, 2.45) is 11.5 Å². The second-order valence-electron chi connectivity index (χ2n) is 9.75. The van der Waals surface area contributed by atoms with Gasteiger partial charge in [0.15, 0.2) is 0 Å². The molecule has 218 valence electrons. The molecule has 0 aliphatic rings. The molecule has 1 heterocycles. The predicted molar refractivity (Wildman–Crippen MR) is 149 cm³/mol. The number of hydrogen-bond acceptors (Lipinski definition) is 7. The Morgan fingerprint density at radius 2 is 1.44 bits per heavy atom. The number of benzene rings is 2. The Bertz CT molecular complexity index is 1400. The molecule has 0 spiro atoms. The number of fused-ring (bicyclic) bond motifs is 1. The van der Waals surface area contributed by atoms with Gasteiger partial charge in [0.1, 0.15) is 23.9 Å². The zero-order valence-electron chi connectivity index (χ0n) is 22.4. The average Bonchev–Trinajstić information content (AvgIpc) is 3.33. The van der Waals surface area contributed by atoms with Crippen LogP contribution < -0.4 is 27.4 Å². The number of carbonyl (C=O) groups is 5. The van der Waals surface area contributed by atoms with Gasteiger partial charge in [0, 0.05) is 36.4 Å². The minimum absolute atomic E-state index is 0.00594. The second-order valence-corrected chi connectivity index (χ2v) is 9.75. The third-order valence-electron chi connectivity index (χ3n) is 6.45. The summed E-state index contributed by atoms with van der Waals surface area (Å²) >= 11 is 0. The van der Waals surface area contributed by atoms with Crippen molar-refractivity contribution in [1.82, 2.24) is 20.9 Å². The van der Waals surface area contributed by atoms with Gasteiger partial charge in [-0.25, -0.2) is 4.79 Å². The predicted octanol–water partition coefficient (Wildman–Crippen LogP) is -0.190. The van der Waals surface area contributed by atoms with Gasteiger partial charge in [-0.15, -0.1) is 0 Å². The first-order chi connectivity index (χ1) is 19.4. The molecule has 0 aliphatic heterocycles. The highest BCUT2D eigenvalue weighted by molar-refractivity contribution is 5.95. The van der Waals surface area contributed by atoms with Crippen molar-refractivity contribution in [3.05, 3.63) is 65.9 Å². The van der Waals surface area contributed by atoms with Crippen molar-refractivity contribution in [3.63, 3.8) is 0 Å². The lowest BCUT2D eigenvalue weighted by Gasteiger charge is -2.25. The molecule has 4 atom stereocenters. The third-order valence-corrected chi connectivity index (χ3v) is 6.45. The van der Waals surface area contributed by atoms with Gasteiger partial charge in [-0.2, -0.15) is 0 Å². The number of phenolic OH excluding ortho intramolecular Hbond substituents is 1. The summed E-state index contributed by atoms with van der Waals surface area (Å²) in [6.07, 6.45) is 1.20. The number of aromatic amines is 1. The fourth-order valence-electron chi connectivity index (χ4n) is 4.20. The summed E-state index contributed by atoms with van der Waals surface area (Å²) in [5.41, 5.74) is 13.0. The maximum absolute atomic E-state index is 13.6. The number of phenols is 1. The summed E-state index contributed by atoms with van der Waals surface area (Å²) < 4.78 is 0. The second kappa shape index (κ2) is 13.9. The third kappa shape index (κ3) is 8.80. The number of para-hydroxylation sites is 1. The maximum atomic E-state index is 13.6. The smallest absolute Gasteiger partial charge is 0.326 e. The zero-order chi connectivity index (χ0) is 30.1. The van der Waals surface area contributed by atoms with E-state index in [1.54, 1.807) is 18.3 Å². The fourth-order valence-corrected chi connectivity index (χ4v) is 4.20. The largest absolute Gasteiger partial charge is 0.508 e. The fraction of sp³-hybridized carbons (Fsp3) is 0.321. The number of rotatable bonds is 14. The van der Waals surface area contributed by atoms with Gasteiger partial charge in [0.25, 0.3) is 0 Å². The van der Waals surface area contributed by atoms with Crippen molar-refractivity contribution in [1.29, 1.82) is 0 Å². The van der Waals surface area contributed by atoms with Crippen LogP contribution >= 0.6 is 0 Å². The molecule has 13 heteroatoms. The quantitative estimate of drug-likeness (QED) is 0.130. The van der Waals surface area contributed by atoms with E-state index in [0.717, 1.165) is 16.5 Å². The molecule has 1 aromatic heterocycles. The SMILES string of the molecule is CC(N)C(=O)NC(Cc1c[nH]c2ccccc12)C(=O)NC(Cc1ccc(O)cc1)C(=O)NC(CCC(N)=O)C(=O)O. The Kier molecular flexibility index (Phi) is 10.4. The van der Waals surface area contributed by atoms with Gasteiger partial charge in [0.05, 0.1) is 6.04 Å². The molecular weight excluding hydrogens is 532 g/mol. The molecule has 0 radical (unpaired) electrons. The van der Waals surface area contributed by atoms with Crippen LogP contribution in [0.2, 0.25) is 0 Å². The summed E-state index contributed by atoms with van der Waals surface area (Å²) in [5, 5.41) is 27.6. The molecule has 4 unspecified atom stereocenters. The van der Waals surface area contributed by atoms with Crippen LogP contribution in [0.5, 0.6) is 5.75 Å². The van der Waals surface area contributed by atoms with Crippen LogP contribution in [-0.4, -0.2) is 69.0 Å². The molecule has 41 heavy (non-hydrogen) atoms. The normalized spacial score (nSPS) is 13.9. The number of nitrogens with two attached hydrogens (primary N) is 2. The van der Waals surface area contributed by atoms with E-state index < -0.39 is 53.8 Å². The number of carboxylic acid groups (broad SMARTS) is 1. The molecule has 0 bridgehead atoms. The van der Waals surface area contributed by atoms with Crippen molar-refractivity contribution in [2.75, 3.05) is 0 Å². The number of aliphatic carboxylic acids is 1. The lowest BCUT2D eigenvalue weighted by molar-refractivity contribution is -0.142. The average molecular weight is 567 g/mol. The van der Waals surface area contributed by atoms with E-state index in [1.165, 1.54) is 19.1 Å². The molecule has 4 amide bonds. The number of nitrogens with one attached hydrogen (secondary N) is 4. The van der Waals surface area contributed by atoms with Gasteiger partial charge in [-0.05, 0) is 42.7 Å². The zero-order valence-corrected chi connectivity index (χ0v) is 22.4. The van der Waals surface area contributed by atoms with Gasteiger partial charge in [0.2, 0.25) is 23.6 Å². The number of H-pyrrole nitrogens is 1. The number of carboxylic acids is 1. The Labute approximate surface area is 235 Å². The number of carbonyl (C=O) groups excluding carboxylic acids is 4. The standard InChI is InChI=1S/C28H34N6O7/c1-15(29)25(37)33-23(13-17-14-31-20-5-3-2-4-19(17)20)27(39)34-22(12-16-6-8-18(35)9-7-16)26(38)32-21(28(40)41)10-11-24(30)36/h2-9,14-15,21-23,31,35H,10-13,29H2,1H3,(H2,30,36)(H,32,38)(H,33,37)(H,34,39)(H,40,41). The van der Waals surface area contributed by atoms with Crippen LogP contribution in [0, 0.1) is 0 Å². The van der Waals surface area contributed by atoms with Crippen LogP contribution in [0.3, 0.4) is 0 Å². The molecule has 13 nitrogen and oxygen atoms in total. The van der Waals surface area contributed by atoms with Crippen molar-refractivity contribution < 1.29 is 34.2 Å². The molecule has 0 fully saturated rings. The maximum Gasteiger partial charge on any atom is 0.326 e. The highest BCUT2D eigenvalue weighted by Crippen LogP contribution is 2.19. The number of aromatic hydroxyl groups is 1. The number of aromatic nitrogens is 1. The summed E-state index contributed by atoms with van der Waals surface area (Å²) in [7, 11) is 0. The van der Waals surface area contributed by atoms with Gasteiger partial charge < -0.3 is 42.6 Å². The summed E-state index contributed by atoms with van der Waals surface area (Å²) in [6.45, 7) is 1.47. The van der Waals surface area contributed by atoms with Crippen LogP contribution in [-0.2, 0) is 36.8 Å².